The predicted molar refractivity (Wildman–Crippen MR) is 131 cm³/mol. The van der Waals surface area contributed by atoms with Crippen molar-refractivity contribution in [2.24, 2.45) is 5.92 Å². The first-order valence-electron chi connectivity index (χ1n) is 11.3. The van der Waals surface area contributed by atoms with Crippen LogP contribution in [0.2, 0.25) is 0 Å². The highest BCUT2D eigenvalue weighted by Gasteiger charge is 2.30. The number of thiophene rings is 1. The predicted octanol–water partition coefficient (Wildman–Crippen LogP) is 5.39. The van der Waals surface area contributed by atoms with E-state index < -0.39 is 0 Å². The summed E-state index contributed by atoms with van der Waals surface area (Å²) in [5, 5.41) is 10.6. The van der Waals surface area contributed by atoms with Crippen molar-refractivity contribution in [3.63, 3.8) is 0 Å². The van der Waals surface area contributed by atoms with Crippen LogP contribution in [0.25, 0.3) is 21.7 Å². The summed E-state index contributed by atoms with van der Waals surface area (Å²) in [7, 11) is 0. The van der Waals surface area contributed by atoms with Gasteiger partial charge in [0.1, 0.15) is 4.83 Å². The molecule has 0 aliphatic carbocycles. The largest absolute Gasteiger partial charge is 0.372 e. The van der Waals surface area contributed by atoms with E-state index >= 15 is 0 Å². The zero-order valence-corrected chi connectivity index (χ0v) is 20.6. The number of hydrogen-bond donors (Lipinski definition) is 0. The monoisotopic (exact) mass is 468 g/mol. The lowest BCUT2D eigenvalue weighted by atomic mass is 9.96. The van der Waals surface area contributed by atoms with Gasteiger partial charge < -0.3 is 4.74 Å². The molecule has 168 valence electrons. The van der Waals surface area contributed by atoms with Crippen molar-refractivity contribution in [1.82, 2.24) is 19.2 Å². The number of aryl methyl sites for hydroxylation is 1. The normalized spacial score (nSPS) is 16.3. The molecule has 1 atom stereocenters. The molecule has 32 heavy (non-hydrogen) atoms. The summed E-state index contributed by atoms with van der Waals surface area (Å²) in [5.74, 6) is 1.95. The lowest BCUT2D eigenvalue weighted by molar-refractivity contribution is 0.00200. The SMILES string of the molecule is CCCCSc1nnc2n(-c3ccc(C)cc3)c(=O)c3c4c(sc3n12)CO[C@@H](C(C)C)C4. The minimum absolute atomic E-state index is 0.0178. The van der Waals surface area contributed by atoms with Gasteiger partial charge in [0.05, 0.1) is 23.8 Å². The van der Waals surface area contributed by atoms with Crippen LogP contribution in [0, 0.1) is 12.8 Å². The number of nitrogens with zero attached hydrogens (tertiary/aromatic N) is 4. The van der Waals surface area contributed by atoms with E-state index in [4.69, 9.17) is 4.74 Å². The molecule has 0 radical (unpaired) electrons. The summed E-state index contributed by atoms with van der Waals surface area (Å²) < 4.78 is 9.94. The second-order valence-electron chi connectivity index (χ2n) is 8.78. The Morgan fingerprint density at radius 1 is 1.25 bits per heavy atom. The molecule has 0 amide bonds. The molecule has 0 spiro atoms. The zero-order valence-electron chi connectivity index (χ0n) is 18.9. The van der Waals surface area contributed by atoms with E-state index in [-0.39, 0.29) is 11.7 Å². The maximum atomic E-state index is 13.9. The van der Waals surface area contributed by atoms with Gasteiger partial charge in [-0.05, 0) is 37.0 Å². The first-order chi connectivity index (χ1) is 15.5. The van der Waals surface area contributed by atoms with Gasteiger partial charge in [0.2, 0.25) is 5.78 Å². The van der Waals surface area contributed by atoms with Gasteiger partial charge in [0.25, 0.3) is 5.56 Å². The maximum absolute atomic E-state index is 13.9. The van der Waals surface area contributed by atoms with E-state index in [1.54, 1.807) is 27.7 Å². The third-order valence-electron chi connectivity index (χ3n) is 6.11. The second kappa shape index (κ2) is 8.65. The molecule has 1 aliphatic rings. The fraction of sp³-hybridized carbons (Fsp3) is 0.458. The molecule has 0 N–H and O–H groups in total. The highest BCUT2D eigenvalue weighted by molar-refractivity contribution is 7.99. The minimum atomic E-state index is -0.0178. The fourth-order valence-corrected chi connectivity index (χ4v) is 6.51. The number of hydrogen-bond acceptors (Lipinski definition) is 6. The first-order valence-corrected chi connectivity index (χ1v) is 13.1. The number of ether oxygens (including phenoxy) is 1. The van der Waals surface area contributed by atoms with Crippen LogP contribution >= 0.6 is 23.1 Å². The molecule has 3 aromatic heterocycles. The van der Waals surface area contributed by atoms with E-state index in [1.807, 2.05) is 31.2 Å². The zero-order chi connectivity index (χ0) is 22.4. The summed E-state index contributed by atoms with van der Waals surface area (Å²) in [4.78, 5) is 16.0. The van der Waals surface area contributed by atoms with Crippen molar-refractivity contribution in [3.8, 4) is 5.69 Å². The molecule has 1 aromatic carbocycles. The number of aromatic nitrogens is 4. The third-order valence-corrected chi connectivity index (χ3v) is 8.31. The molecule has 1 aliphatic heterocycles. The topological polar surface area (TPSA) is 61.4 Å². The molecule has 5 rings (SSSR count). The van der Waals surface area contributed by atoms with Gasteiger partial charge in [-0.2, -0.15) is 0 Å². The van der Waals surface area contributed by atoms with Gasteiger partial charge in [-0.3, -0.25) is 4.79 Å². The molecule has 4 heterocycles. The smallest absolute Gasteiger partial charge is 0.268 e. The van der Waals surface area contributed by atoms with Gasteiger partial charge in [-0.1, -0.05) is 56.7 Å². The second-order valence-corrected chi connectivity index (χ2v) is 10.9. The Labute approximate surface area is 195 Å². The first kappa shape index (κ1) is 21.7. The number of unbranched alkanes of at least 4 members (excludes halogenated alkanes) is 1. The van der Waals surface area contributed by atoms with E-state index in [0.717, 1.165) is 62.1 Å². The number of fused-ring (bicyclic) bond motifs is 5. The lowest BCUT2D eigenvalue weighted by Crippen LogP contribution is -2.28. The van der Waals surface area contributed by atoms with E-state index in [0.29, 0.717) is 18.3 Å². The maximum Gasteiger partial charge on any atom is 0.268 e. The summed E-state index contributed by atoms with van der Waals surface area (Å²) in [6, 6.07) is 8.03. The Morgan fingerprint density at radius 2 is 2.03 bits per heavy atom. The standard InChI is InChI=1S/C24H28N4O2S2/c1-5-6-11-31-24-26-25-23-27(16-9-7-15(4)8-10-16)21(29)20-17-12-18(14(2)3)30-13-19(17)32-22(20)28(23)24/h7-10,14,18H,5-6,11-13H2,1-4H3/t18-/m1/s1. The van der Waals surface area contributed by atoms with E-state index in [1.165, 1.54) is 0 Å². The van der Waals surface area contributed by atoms with Crippen LogP contribution < -0.4 is 5.56 Å². The van der Waals surface area contributed by atoms with Crippen LogP contribution in [-0.4, -0.2) is 31.0 Å². The average Bonchev–Trinajstić information content (AvgIpc) is 3.36. The molecule has 6 nitrogen and oxygen atoms in total. The van der Waals surface area contributed by atoms with Gasteiger partial charge in [0, 0.05) is 17.1 Å². The van der Waals surface area contributed by atoms with Gasteiger partial charge >= 0.3 is 0 Å². The molecule has 8 heteroatoms. The fourth-order valence-electron chi connectivity index (χ4n) is 4.19. The van der Waals surface area contributed by atoms with Crippen LogP contribution in [0.15, 0.2) is 34.2 Å². The van der Waals surface area contributed by atoms with Gasteiger partial charge in [0.15, 0.2) is 5.16 Å². The summed E-state index contributed by atoms with van der Waals surface area (Å²) in [6.45, 7) is 9.15. The molecular formula is C24H28N4O2S2. The van der Waals surface area contributed by atoms with Gasteiger partial charge in [-0.25, -0.2) is 8.97 Å². The third kappa shape index (κ3) is 3.58. The van der Waals surface area contributed by atoms with Crippen LogP contribution in [-0.2, 0) is 17.8 Å². The number of benzene rings is 1. The lowest BCUT2D eigenvalue weighted by Gasteiger charge is -2.26. The minimum Gasteiger partial charge on any atom is -0.372 e. The quantitative estimate of drug-likeness (QED) is 0.280. The summed E-state index contributed by atoms with van der Waals surface area (Å²) in [6.07, 6.45) is 3.14. The summed E-state index contributed by atoms with van der Waals surface area (Å²) >= 11 is 3.36. The number of thioether (sulfide) groups is 1. The van der Waals surface area contributed by atoms with Crippen LogP contribution in [0.5, 0.6) is 0 Å². The Balaban J connectivity index is 1.80. The molecule has 0 saturated carbocycles. The molecule has 4 aromatic rings. The molecule has 0 fully saturated rings. The number of rotatable bonds is 6. The molecule has 0 bridgehead atoms. The van der Waals surface area contributed by atoms with Crippen molar-refractivity contribution in [1.29, 1.82) is 0 Å². The van der Waals surface area contributed by atoms with Crippen molar-refractivity contribution < 1.29 is 4.74 Å². The van der Waals surface area contributed by atoms with Crippen molar-refractivity contribution in [3.05, 3.63) is 50.6 Å². The van der Waals surface area contributed by atoms with Crippen LogP contribution in [0.4, 0.5) is 0 Å². The van der Waals surface area contributed by atoms with Gasteiger partial charge in [-0.15, -0.1) is 21.5 Å². The van der Waals surface area contributed by atoms with Crippen molar-refractivity contribution >= 4 is 39.1 Å². The Morgan fingerprint density at radius 3 is 2.75 bits per heavy atom. The Kier molecular flexibility index (Phi) is 5.86. The Bertz CT molecular complexity index is 1330. The molecular weight excluding hydrogens is 440 g/mol. The van der Waals surface area contributed by atoms with Crippen LogP contribution in [0.3, 0.4) is 0 Å². The van der Waals surface area contributed by atoms with E-state index in [9.17, 15) is 4.79 Å². The molecule has 0 unspecified atom stereocenters. The van der Waals surface area contributed by atoms with Crippen LogP contribution in [0.1, 0.15) is 49.6 Å². The average molecular weight is 469 g/mol. The Hall–Kier alpha value is -2.16. The van der Waals surface area contributed by atoms with Crippen molar-refractivity contribution in [2.45, 2.75) is 64.8 Å². The molecule has 0 saturated heterocycles. The highest BCUT2D eigenvalue weighted by Crippen LogP contribution is 2.37. The highest BCUT2D eigenvalue weighted by atomic mass is 32.2. The summed E-state index contributed by atoms with van der Waals surface area (Å²) in [5.41, 5.74) is 3.09. The van der Waals surface area contributed by atoms with Crippen molar-refractivity contribution in [2.75, 3.05) is 5.75 Å². The van der Waals surface area contributed by atoms with E-state index in [2.05, 4.69) is 35.4 Å².